The van der Waals surface area contributed by atoms with Crippen LogP contribution in [-0.4, -0.2) is 24.6 Å². The molecule has 1 N–H and O–H groups in total. The van der Waals surface area contributed by atoms with Crippen molar-refractivity contribution in [2.24, 2.45) is 0 Å². The number of thioether (sulfide) groups is 1. The minimum absolute atomic E-state index is 0.154. The molecule has 0 spiro atoms. The Morgan fingerprint density at radius 3 is 2.53 bits per heavy atom. The molecule has 0 radical (unpaired) electrons. The van der Waals surface area contributed by atoms with Crippen molar-refractivity contribution in [3.05, 3.63) is 35.6 Å². The second kappa shape index (κ2) is 8.54. The fourth-order valence-corrected chi connectivity index (χ4v) is 2.55. The second-order valence-electron chi connectivity index (χ2n) is 4.04. The molecular formula is C14H22FNS. The van der Waals surface area contributed by atoms with Gasteiger partial charge in [-0.15, -0.1) is 0 Å². The van der Waals surface area contributed by atoms with Gasteiger partial charge in [0.1, 0.15) is 5.82 Å². The third-order valence-corrected chi connectivity index (χ3v) is 3.73. The van der Waals surface area contributed by atoms with Gasteiger partial charge in [0, 0.05) is 6.54 Å². The van der Waals surface area contributed by atoms with Gasteiger partial charge in [-0.3, -0.25) is 0 Å². The van der Waals surface area contributed by atoms with Gasteiger partial charge < -0.3 is 5.32 Å². The molecule has 0 fully saturated rings. The van der Waals surface area contributed by atoms with Crippen molar-refractivity contribution >= 4 is 11.8 Å². The molecule has 3 heteroatoms. The molecule has 1 nitrogen and oxygen atoms in total. The van der Waals surface area contributed by atoms with Crippen LogP contribution in [0.15, 0.2) is 24.3 Å². The minimum Gasteiger partial charge on any atom is -0.316 e. The zero-order valence-corrected chi connectivity index (χ0v) is 11.5. The van der Waals surface area contributed by atoms with E-state index < -0.39 is 0 Å². The number of benzene rings is 1. The van der Waals surface area contributed by atoms with Crippen LogP contribution < -0.4 is 5.32 Å². The van der Waals surface area contributed by atoms with Crippen molar-refractivity contribution in [2.75, 3.05) is 24.6 Å². The molecule has 96 valence electrons. The predicted molar refractivity (Wildman–Crippen MR) is 75.3 cm³/mol. The van der Waals surface area contributed by atoms with Gasteiger partial charge in [-0.1, -0.05) is 26.0 Å². The number of hydrogen-bond acceptors (Lipinski definition) is 2. The van der Waals surface area contributed by atoms with E-state index in [-0.39, 0.29) is 5.82 Å². The summed E-state index contributed by atoms with van der Waals surface area (Å²) in [6.07, 6.45) is 1.15. The Morgan fingerprint density at radius 2 is 1.94 bits per heavy atom. The van der Waals surface area contributed by atoms with E-state index in [0.717, 1.165) is 25.3 Å². The summed E-state index contributed by atoms with van der Waals surface area (Å²) in [5.74, 6) is 2.68. The van der Waals surface area contributed by atoms with Gasteiger partial charge >= 0.3 is 0 Å². The number of likely N-dealkylation sites (N-methyl/N-ethyl adjacent to an activating group) is 1. The molecular weight excluding hydrogens is 233 g/mol. The first-order valence-corrected chi connectivity index (χ1v) is 7.47. The molecule has 17 heavy (non-hydrogen) atoms. The molecule has 0 saturated heterocycles. The van der Waals surface area contributed by atoms with Crippen LogP contribution >= 0.6 is 11.8 Å². The monoisotopic (exact) mass is 255 g/mol. The van der Waals surface area contributed by atoms with Crippen molar-refractivity contribution in [2.45, 2.75) is 26.2 Å². The first kappa shape index (κ1) is 14.5. The van der Waals surface area contributed by atoms with E-state index >= 15 is 0 Å². The smallest absolute Gasteiger partial charge is 0.123 e. The average Bonchev–Trinajstić information content (AvgIpc) is 2.35. The summed E-state index contributed by atoms with van der Waals surface area (Å²) >= 11 is 1.97. The van der Waals surface area contributed by atoms with Crippen molar-refractivity contribution in [3.8, 4) is 0 Å². The van der Waals surface area contributed by atoms with Gasteiger partial charge in [0.15, 0.2) is 0 Å². The normalized spacial score (nSPS) is 12.6. The predicted octanol–water partition coefficient (Wildman–Crippen LogP) is 3.66. The highest BCUT2D eigenvalue weighted by atomic mass is 32.2. The van der Waals surface area contributed by atoms with Crippen molar-refractivity contribution in [1.29, 1.82) is 0 Å². The largest absolute Gasteiger partial charge is 0.316 e. The maximum Gasteiger partial charge on any atom is 0.123 e. The molecule has 0 bridgehead atoms. The fourth-order valence-electron chi connectivity index (χ4n) is 1.81. The highest BCUT2D eigenvalue weighted by molar-refractivity contribution is 7.99. The van der Waals surface area contributed by atoms with Gasteiger partial charge in [0.05, 0.1) is 0 Å². The summed E-state index contributed by atoms with van der Waals surface area (Å²) in [6.45, 7) is 6.26. The Bertz CT molecular complexity index is 300. The van der Waals surface area contributed by atoms with Crippen LogP contribution in [0.2, 0.25) is 0 Å². The van der Waals surface area contributed by atoms with Crippen LogP contribution in [0.1, 0.15) is 31.7 Å². The van der Waals surface area contributed by atoms with Crippen molar-refractivity contribution in [3.63, 3.8) is 0 Å². The number of hydrogen-bond donors (Lipinski definition) is 1. The molecule has 0 heterocycles. The molecule has 0 aliphatic heterocycles. The quantitative estimate of drug-likeness (QED) is 0.711. The summed E-state index contributed by atoms with van der Waals surface area (Å²) in [4.78, 5) is 0. The lowest BCUT2D eigenvalue weighted by molar-refractivity contribution is 0.583. The maximum absolute atomic E-state index is 12.9. The van der Waals surface area contributed by atoms with E-state index in [0.29, 0.717) is 5.92 Å². The molecule has 0 aliphatic carbocycles. The van der Waals surface area contributed by atoms with E-state index in [1.165, 1.54) is 11.3 Å². The maximum atomic E-state index is 12.9. The first-order chi connectivity index (χ1) is 8.27. The Hall–Kier alpha value is -0.540. The topological polar surface area (TPSA) is 12.0 Å². The van der Waals surface area contributed by atoms with Crippen LogP contribution in [0, 0.1) is 5.82 Å². The number of rotatable bonds is 8. The summed E-state index contributed by atoms with van der Waals surface area (Å²) in [7, 11) is 0. The standard InChI is InChI=1S/C14H22FNS/c1-3-16-11-13(9-10-17-4-2)12-5-7-14(15)8-6-12/h5-8,13,16H,3-4,9-11H2,1-2H3. The van der Waals surface area contributed by atoms with E-state index in [1.807, 2.05) is 23.9 Å². The van der Waals surface area contributed by atoms with Gasteiger partial charge in [-0.2, -0.15) is 11.8 Å². The van der Waals surface area contributed by atoms with Crippen molar-refractivity contribution in [1.82, 2.24) is 5.32 Å². The van der Waals surface area contributed by atoms with Crippen LogP contribution in [0.4, 0.5) is 4.39 Å². The third kappa shape index (κ3) is 5.55. The lowest BCUT2D eigenvalue weighted by atomic mass is 9.96. The van der Waals surface area contributed by atoms with Gasteiger partial charge in [-0.05, 0) is 48.1 Å². The van der Waals surface area contributed by atoms with E-state index in [4.69, 9.17) is 0 Å². The van der Waals surface area contributed by atoms with Crippen LogP contribution in [0.5, 0.6) is 0 Å². The zero-order valence-electron chi connectivity index (χ0n) is 10.7. The summed E-state index contributed by atoms with van der Waals surface area (Å²) in [6, 6.07) is 6.93. The lowest BCUT2D eigenvalue weighted by Gasteiger charge is -2.17. The molecule has 0 aromatic heterocycles. The molecule has 0 saturated carbocycles. The number of halogens is 1. The molecule has 1 atom stereocenters. The molecule has 1 rings (SSSR count). The fraction of sp³-hybridized carbons (Fsp3) is 0.571. The van der Waals surface area contributed by atoms with Gasteiger partial charge in [-0.25, -0.2) is 4.39 Å². The number of nitrogens with one attached hydrogen (secondary N) is 1. The van der Waals surface area contributed by atoms with Crippen LogP contribution in [0.25, 0.3) is 0 Å². The minimum atomic E-state index is -0.154. The highest BCUT2D eigenvalue weighted by Crippen LogP contribution is 2.21. The molecule has 1 aromatic carbocycles. The van der Waals surface area contributed by atoms with Gasteiger partial charge in [0.2, 0.25) is 0 Å². The SMILES string of the molecule is CCNCC(CCSCC)c1ccc(F)cc1. The van der Waals surface area contributed by atoms with Crippen molar-refractivity contribution < 1.29 is 4.39 Å². The molecule has 0 aliphatic rings. The van der Waals surface area contributed by atoms with Gasteiger partial charge in [0.25, 0.3) is 0 Å². The zero-order chi connectivity index (χ0) is 12.5. The van der Waals surface area contributed by atoms with Crippen LogP contribution in [0.3, 0.4) is 0 Å². The average molecular weight is 255 g/mol. The first-order valence-electron chi connectivity index (χ1n) is 6.31. The molecule has 0 amide bonds. The summed E-state index contributed by atoms with van der Waals surface area (Å²) < 4.78 is 12.9. The highest BCUT2D eigenvalue weighted by Gasteiger charge is 2.10. The van der Waals surface area contributed by atoms with E-state index in [9.17, 15) is 4.39 Å². The summed E-state index contributed by atoms with van der Waals surface area (Å²) in [5, 5.41) is 3.39. The molecule has 1 aromatic rings. The second-order valence-corrected chi connectivity index (χ2v) is 5.44. The lowest BCUT2D eigenvalue weighted by Crippen LogP contribution is -2.21. The summed E-state index contributed by atoms with van der Waals surface area (Å²) in [5.41, 5.74) is 1.24. The Kier molecular flexibility index (Phi) is 7.29. The third-order valence-electron chi connectivity index (χ3n) is 2.80. The van der Waals surface area contributed by atoms with E-state index in [1.54, 1.807) is 12.1 Å². The molecule has 1 unspecified atom stereocenters. The Labute approximate surface area is 108 Å². The Morgan fingerprint density at radius 1 is 1.24 bits per heavy atom. The van der Waals surface area contributed by atoms with Crippen LogP contribution in [-0.2, 0) is 0 Å². The van der Waals surface area contributed by atoms with E-state index in [2.05, 4.69) is 19.2 Å². The Balaban J connectivity index is 2.57.